The first kappa shape index (κ1) is 16.3. The summed E-state index contributed by atoms with van der Waals surface area (Å²) in [4.78, 5) is 0. The Morgan fingerprint density at radius 2 is 1.52 bits per heavy atom. The molecule has 0 spiro atoms. The number of hydrogen-bond acceptors (Lipinski definition) is 0. The van der Waals surface area contributed by atoms with Gasteiger partial charge in [0.2, 0.25) is 0 Å². The van der Waals surface area contributed by atoms with Crippen LogP contribution in [0.5, 0.6) is 0 Å². The van der Waals surface area contributed by atoms with Crippen molar-refractivity contribution in [2.24, 2.45) is 5.92 Å². The van der Waals surface area contributed by atoms with Gasteiger partial charge in [-0.25, -0.2) is 0 Å². The molecule has 0 N–H and O–H groups in total. The van der Waals surface area contributed by atoms with Gasteiger partial charge in [0.15, 0.2) is 0 Å². The molecule has 0 nitrogen and oxygen atoms in total. The largest absolute Gasteiger partial charge is 0.0648 e. The van der Waals surface area contributed by atoms with E-state index in [-0.39, 0.29) is 0 Å². The zero-order valence-corrected chi connectivity index (χ0v) is 14.7. The summed E-state index contributed by atoms with van der Waals surface area (Å²) in [7, 11) is 0. The molecule has 1 aliphatic carbocycles. The molecule has 1 atom stereocenters. The summed E-state index contributed by atoms with van der Waals surface area (Å²) in [5, 5.41) is 0. The minimum atomic E-state index is 0.637. The molecule has 23 heavy (non-hydrogen) atoms. The second-order valence-corrected chi connectivity index (χ2v) is 7.42. The highest BCUT2D eigenvalue weighted by atomic mass is 14.2. The van der Waals surface area contributed by atoms with Crippen LogP contribution in [-0.4, -0.2) is 0 Å². The van der Waals surface area contributed by atoms with E-state index in [0.717, 1.165) is 18.3 Å². The molecule has 3 rings (SSSR count). The lowest BCUT2D eigenvalue weighted by atomic mass is 9.79. The van der Waals surface area contributed by atoms with E-state index in [2.05, 4.69) is 68.4 Å². The van der Waals surface area contributed by atoms with E-state index in [9.17, 15) is 0 Å². The second kappa shape index (κ2) is 7.81. The molecule has 0 aliphatic heterocycles. The number of hydrogen-bond donors (Lipinski definition) is 0. The van der Waals surface area contributed by atoms with E-state index in [1.165, 1.54) is 43.2 Å². The molecule has 122 valence electrons. The predicted octanol–water partition coefficient (Wildman–Crippen LogP) is 6.72. The third-order valence-corrected chi connectivity index (χ3v) is 5.71. The molecule has 0 amide bonds. The average Bonchev–Trinajstić information content (AvgIpc) is 2.62. The summed E-state index contributed by atoms with van der Waals surface area (Å²) in [6.07, 6.45) is 7.91. The van der Waals surface area contributed by atoms with Gasteiger partial charge in [0.25, 0.3) is 0 Å². The van der Waals surface area contributed by atoms with Crippen LogP contribution in [0.2, 0.25) is 0 Å². The van der Waals surface area contributed by atoms with Gasteiger partial charge in [0.1, 0.15) is 0 Å². The topological polar surface area (TPSA) is 0 Å². The highest BCUT2D eigenvalue weighted by Crippen LogP contribution is 2.35. The van der Waals surface area contributed by atoms with Crippen molar-refractivity contribution < 1.29 is 0 Å². The zero-order chi connectivity index (χ0) is 16.1. The van der Waals surface area contributed by atoms with Gasteiger partial charge in [0.05, 0.1) is 0 Å². The highest BCUT2D eigenvalue weighted by molar-refractivity contribution is 5.28. The lowest BCUT2D eigenvalue weighted by molar-refractivity contribution is 0.348. The standard InChI is InChI=1S/C23H30/c1-3-20(21-7-5-4-6-8-21)17-19-11-15-23(16-12-19)22-13-9-18(2)10-14-22/h4-8,11-12,15-16,18,20,22H,3,9-10,13-14,17H2,1-2H3. The number of benzene rings is 2. The Balaban J connectivity index is 1.65. The van der Waals surface area contributed by atoms with Crippen molar-refractivity contribution >= 4 is 0 Å². The van der Waals surface area contributed by atoms with E-state index in [1.807, 2.05) is 0 Å². The quantitative estimate of drug-likeness (QED) is 0.575. The van der Waals surface area contributed by atoms with Crippen molar-refractivity contribution in [1.29, 1.82) is 0 Å². The SMILES string of the molecule is CCC(Cc1ccc(C2CCC(C)CC2)cc1)c1ccccc1. The predicted molar refractivity (Wildman–Crippen MR) is 100.0 cm³/mol. The first-order valence-corrected chi connectivity index (χ1v) is 9.40. The van der Waals surface area contributed by atoms with Crippen LogP contribution in [0.3, 0.4) is 0 Å². The van der Waals surface area contributed by atoms with Gasteiger partial charge >= 0.3 is 0 Å². The van der Waals surface area contributed by atoms with Crippen molar-refractivity contribution in [3.63, 3.8) is 0 Å². The monoisotopic (exact) mass is 306 g/mol. The summed E-state index contributed by atoms with van der Waals surface area (Å²) in [5.41, 5.74) is 4.52. The minimum Gasteiger partial charge on any atom is -0.0648 e. The van der Waals surface area contributed by atoms with E-state index in [4.69, 9.17) is 0 Å². The summed E-state index contributed by atoms with van der Waals surface area (Å²) < 4.78 is 0. The molecule has 0 heteroatoms. The Morgan fingerprint density at radius 3 is 2.13 bits per heavy atom. The summed E-state index contributed by atoms with van der Waals surface area (Å²) in [5.74, 6) is 2.37. The minimum absolute atomic E-state index is 0.637. The fraction of sp³-hybridized carbons (Fsp3) is 0.478. The highest BCUT2D eigenvalue weighted by Gasteiger charge is 2.19. The molecule has 0 heterocycles. The first-order valence-electron chi connectivity index (χ1n) is 9.40. The maximum Gasteiger partial charge on any atom is -0.0124 e. The van der Waals surface area contributed by atoms with Gasteiger partial charge in [-0.2, -0.15) is 0 Å². The molecular formula is C23H30. The van der Waals surface area contributed by atoms with E-state index in [1.54, 1.807) is 5.56 Å². The second-order valence-electron chi connectivity index (χ2n) is 7.42. The van der Waals surface area contributed by atoms with Crippen molar-refractivity contribution in [3.05, 3.63) is 71.3 Å². The van der Waals surface area contributed by atoms with Crippen LogP contribution < -0.4 is 0 Å². The molecule has 0 aromatic heterocycles. The van der Waals surface area contributed by atoms with Crippen LogP contribution in [0.15, 0.2) is 54.6 Å². The van der Waals surface area contributed by atoms with Crippen LogP contribution in [0, 0.1) is 5.92 Å². The van der Waals surface area contributed by atoms with Gasteiger partial charge in [-0.15, -0.1) is 0 Å². The van der Waals surface area contributed by atoms with E-state index >= 15 is 0 Å². The van der Waals surface area contributed by atoms with Gasteiger partial charge in [-0.1, -0.05) is 81.3 Å². The van der Waals surface area contributed by atoms with Gasteiger partial charge < -0.3 is 0 Å². The molecule has 0 saturated heterocycles. The van der Waals surface area contributed by atoms with Crippen molar-refractivity contribution in [2.75, 3.05) is 0 Å². The maximum absolute atomic E-state index is 2.40. The van der Waals surface area contributed by atoms with Crippen molar-refractivity contribution in [1.82, 2.24) is 0 Å². The Morgan fingerprint density at radius 1 is 0.870 bits per heavy atom. The molecule has 2 aromatic rings. The molecule has 1 aliphatic rings. The average molecular weight is 306 g/mol. The summed E-state index contributed by atoms with van der Waals surface area (Å²) >= 11 is 0. The fourth-order valence-electron chi connectivity index (χ4n) is 4.03. The van der Waals surface area contributed by atoms with Crippen molar-refractivity contribution in [2.45, 2.75) is 64.2 Å². The lowest BCUT2D eigenvalue weighted by Gasteiger charge is -2.26. The number of rotatable bonds is 5. The third kappa shape index (κ3) is 4.25. The third-order valence-electron chi connectivity index (χ3n) is 5.71. The van der Waals surface area contributed by atoms with Crippen LogP contribution in [0.4, 0.5) is 0 Å². The summed E-state index contributed by atoms with van der Waals surface area (Å²) in [6, 6.07) is 20.5. The van der Waals surface area contributed by atoms with Gasteiger partial charge in [0, 0.05) is 0 Å². The Kier molecular flexibility index (Phi) is 5.54. The smallest absolute Gasteiger partial charge is 0.0124 e. The van der Waals surface area contributed by atoms with E-state index in [0.29, 0.717) is 5.92 Å². The molecule has 0 radical (unpaired) electrons. The van der Waals surface area contributed by atoms with Crippen molar-refractivity contribution in [3.8, 4) is 0 Å². The molecule has 1 unspecified atom stereocenters. The zero-order valence-electron chi connectivity index (χ0n) is 14.7. The van der Waals surface area contributed by atoms with Gasteiger partial charge in [-0.3, -0.25) is 0 Å². The van der Waals surface area contributed by atoms with E-state index < -0.39 is 0 Å². The molecular weight excluding hydrogens is 276 g/mol. The Bertz CT molecular complexity index is 573. The molecule has 0 bridgehead atoms. The van der Waals surface area contributed by atoms with Crippen LogP contribution in [0.25, 0.3) is 0 Å². The normalized spacial score (nSPS) is 22.7. The fourth-order valence-corrected chi connectivity index (χ4v) is 4.03. The maximum atomic E-state index is 2.40. The summed E-state index contributed by atoms with van der Waals surface area (Å²) in [6.45, 7) is 4.70. The molecule has 2 aromatic carbocycles. The molecule has 1 fully saturated rings. The Hall–Kier alpha value is -1.56. The van der Waals surface area contributed by atoms with Crippen LogP contribution >= 0.6 is 0 Å². The van der Waals surface area contributed by atoms with Crippen LogP contribution in [0.1, 0.15) is 74.5 Å². The molecule has 1 saturated carbocycles. The van der Waals surface area contributed by atoms with Crippen LogP contribution in [-0.2, 0) is 6.42 Å². The lowest BCUT2D eigenvalue weighted by Crippen LogP contribution is -2.10. The Labute approximate surface area is 141 Å². The van der Waals surface area contributed by atoms with Gasteiger partial charge in [-0.05, 0) is 60.1 Å². The first-order chi connectivity index (χ1) is 11.3.